The van der Waals surface area contributed by atoms with Crippen LogP contribution in [0.4, 0.5) is 0 Å². The van der Waals surface area contributed by atoms with Crippen LogP contribution in [0.1, 0.15) is 48.0 Å². The summed E-state index contributed by atoms with van der Waals surface area (Å²) < 4.78 is 33.5. The highest BCUT2D eigenvalue weighted by atomic mass is 17.1. The lowest BCUT2D eigenvalue weighted by Gasteiger charge is -2.09. The molecule has 0 rings (SSSR count). The average Bonchev–Trinajstić information content (AvgIpc) is 3.01. The van der Waals surface area contributed by atoms with Gasteiger partial charge in [0.05, 0.1) is 32.0 Å². The molecule has 270 valence electrons. The van der Waals surface area contributed by atoms with Crippen molar-refractivity contribution < 1.29 is 62.8 Å². The van der Waals surface area contributed by atoms with Gasteiger partial charge in [0.15, 0.2) is 0 Å². The Morgan fingerprint density at radius 1 is 0.717 bits per heavy atom. The zero-order chi connectivity index (χ0) is 36.9. The molecule has 0 heterocycles. The molecule has 0 fully saturated rings. The van der Waals surface area contributed by atoms with Crippen molar-refractivity contribution in [1.82, 2.24) is 0 Å². The Morgan fingerprint density at radius 2 is 1.13 bits per heavy atom. The molecule has 46 heavy (non-hydrogen) atoms. The smallest absolute Gasteiger partial charge is 0.333 e. The summed E-state index contributed by atoms with van der Waals surface area (Å²) in [6.07, 6.45) is 3.07. The molecule has 0 spiro atoms. The summed E-state index contributed by atoms with van der Waals surface area (Å²) in [6.45, 7) is 29.5. The topological polar surface area (TPSA) is 166 Å². The lowest BCUT2D eigenvalue weighted by Crippen LogP contribution is -2.17. The molecule has 0 aliphatic rings. The third kappa shape index (κ3) is 47.8. The molecular weight excluding hydrogens is 604 g/mol. The molecule has 2 N–H and O–H groups in total. The molecule has 0 radical (unpaired) electrons. The highest BCUT2D eigenvalue weighted by Gasteiger charge is 2.06. The van der Waals surface area contributed by atoms with Gasteiger partial charge in [0.25, 0.3) is 0 Å². The fourth-order valence-electron chi connectivity index (χ4n) is 1.74. The predicted octanol–water partition coefficient (Wildman–Crippen LogP) is 4.66. The van der Waals surface area contributed by atoms with Crippen molar-refractivity contribution >= 4 is 17.9 Å². The second-order valence-electron chi connectivity index (χ2n) is 9.24. The molecule has 0 aromatic carbocycles. The van der Waals surface area contributed by atoms with Crippen LogP contribution in [-0.2, 0) is 52.4 Å². The Bertz CT molecular complexity index is 822. The van der Waals surface area contributed by atoms with Gasteiger partial charge in [0.1, 0.15) is 25.9 Å². The standard InChI is InChI=1S/C9H16O4.C8H14O3.C7H12O3.C6H12O3.C3H6/c1-7(2)9(11)13-5-4-12-6-8(3)10;1-6(2)8(9)11-5-7(3)10-4;1-6(2)7(8)10-5-4-9-3;1-3-6(9-7)4-5-8-2;1-3-2/h8,10H,1,4-6H2,2-3H3;7H,1,5H2,2-4H3;1,4-5H2,2-3H3;3,6-7H,1,4-5H2,2H3;3H,1H2,2H3. The van der Waals surface area contributed by atoms with E-state index in [9.17, 15) is 14.4 Å². The molecule has 13 nitrogen and oxygen atoms in total. The largest absolute Gasteiger partial charge is 0.460 e. The van der Waals surface area contributed by atoms with E-state index in [-0.39, 0.29) is 44.0 Å². The van der Waals surface area contributed by atoms with Crippen molar-refractivity contribution in [3.05, 3.63) is 61.8 Å². The van der Waals surface area contributed by atoms with Crippen molar-refractivity contribution in [3.63, 3.8) is 0 Å². The van der Waals surface area contributed by atoms with Crippen molar-refractivity contribution in [3.8, 4) is 0 Å². The summed E-state index contributed by atoms with van der Waals surface area (Å²) in [5.41, 5.74) is 1.19. The first-order valence-corrected chi connectivity index (χ1v) is 14.3. The normalized spacial score (nSPS) is 11.2. The molecule has 3 atom stereocenters. The molecular formula is C33H60O13. The fraction of sp³-hybridized carbons (Fsp3) is 0.606. The molecule has 3 unspecified atom stereocenters. The lowest BCUT2D eigenvalue weighted by atomic mass is 10.3. The SMILES string of the molecule is C=C(C)C(=O)OCC(C)OC.C=C(C)C(=O)OCCOC.C=C(C)C(=O)OCCOCC(C)O.C=CC.C=CC(CCOC)OO. The zero-order valence-corrected chi connectivity index (χ0v) is 29.5. The van der Waals surface area contributed by atoms with E-state index in [2.05, 4.69) is 47.3 Å². The number of carbonyl (C=O) groups excluding carboxylic acids is 3. The van der Waals surface area contributed by atoms with Gasteiger partial charge >= 0.3 is 17.9 Å². The Balaban J connectivity index is -0.000000159. The predicted molar refractivity (Wildman–Crippen MR) is 178 cm³/mol. The Kier molecular flexibility index (Phi) is 45.4. The summed E-state index contributed by atoms with van der Waals surface area (Å²) in [5.74, 6) is -1.15. The number of esters is 3. The molecule has 0 amide bonds. The summed E-state index contributed by atoms with van der Waals surface area (Å²) in [6, 6.07) is 0. The van der Waals surface area contributed by atoms with Gasteiger partial charge in [0.2, 0.25) is 0 Å². The van der Waals surface area contributed by atoms with Gasteiger partial charge in [-0.1, -0.05) is 31.9 Å². The first kappa shape index (κ1) is 52.4. The van der Waals surface area contributed by atoms with E-state index in [1.54, 1.807) is 55.1 Å². The van der Waals surface area contributed by atoms with Gasteiger partial charge < -0.3 is 38.3 Å². The maximum absolute atomic E-state index is 10.8. The highest BCUT2D eigenvalue weighted by molar-refractivity contribution is 5.87. The molecule has 0 saturated heterocycles. The van der Waals surface area contributed by atoms with Crippen LogP contribution in [0.15, 0.2) is 61.8 Å². The number of allylic oxidation sites excluding steroid dienone is 1. The number of rotatable bonds is 19. The van der Waals surface area contributed by atoms with E-state index in [1.165, 1.54) is 6.08 Å². The van der Waals surface area contributed by atoms with Crippen molar-refractivity contribution in [2.75, 3.05) is 67.6 Å². The molecule has 0 aliphatic carbocycles. The van der Waals surface area contributed by atoms with Crippen LogP contribution >= 0.6 is 0 Å². The Hall–Kier alpha value is -3.17. The van der Waals surface area contributed by atoms with Gasteiger partial charge in [0, 0.05) is 51.1 Å². The number of hydrogen-bond donors (Lipinski definition) is 2. The first-order valence-electron chi connectivity index (χ1n) is 14.3. The number of hydrogen-bond acceptors (Lipinski definition) is 13. The fourth-order valence-corrected chi connectivity index (χ4v) is 1.74. The molecule has 0 aliphatic heterocycles. The first-order chi connectivity index (χ1) is 21.6. The minimum atomic E-state index is -0.489. The molecule has 0 saturated carbocycles. The van der Waals surface area contributed by atoms with E-state index in [1.807, 2.05) is 13.8 Å². The maximum atomic E-state index is 10.8. The maximum Gasteiger partial charge on any atom is 0.333 e. The van der Waals surface area contributed by atoms with Crippen LogP contribution in [0.2, 0.25) is 0 Å². The van der Waals surface area contributed by atoms with Crippen molar-refractivity contribution in [2.45, 2.75) is 66.3 Å². The van der Waals surface area contributed by atoms with Crippen molar-refractivity contribution in [1.29, 1.82) is 0 Å². The second kappa shape index (κ2) is 39.9. The Labute approximate surface area is 276 Å². The van der Waals surface area contributed by atoms with E-state index >= 15 is 0 Å². The van der Waals surface area contributed by atoms with Crippen LogP contribution in [0.3, 0.4) is 0 Å². The number of aliphatic hydroxyl groups excluding tert-OH is 1. The minimum absolute atomic E-state index is 0.0571. The van der Waals surface area contributed by atoms with Crippen LogP contribution in [0, 0.1) is 0 Å². The van der Waals surface area contributed by atoms with Crippen LogP contribution in [0.5, 0.6) is 0 Å². The van der Waals surface area contributed by atoms with Crippen LogP contribution in [-0.4, -0.2) is 114 Å². The molecule has 0 bridgehead atoms. The van der Waals surface area contributed by atoms with Crippen LogP contribution in [0.25, 0.3) is 0 Å². The van der Waals surface area contributed by atoms with Gasteiger partial charge in [-0.15, -0.1) is 13.2 Å². The van der Waals surface area contributed by atoms with E-state index in [0.717, 1.165) is 0 Å². The number of aliphatic hydroxyl groups is 1. The van der Waals surface area contributed by atoms with Gasteiger partial charge in [-0.2, -0.15) is 0 Å². The summed E-state index contributed by atoms with van der Waals surface area (Å²) >= 11 is 0. The van der Waals surface area contributed by atoms with Crippen molar-refractivity contribution in [2.24, 2.45) is 0 Å². The average molecular weight is 665 g/mol. The summed E-state index contributed by atoms with van der Waals surface area (Å²) in [4.78, 5) is 36.2. The van der Waals surface area contributed by atoms with E-state index < -0.39 is 12.1 Å². The summed E-state index contributed by atoms with van der Waals surface area (Å²) in [7, 11) is 4.71. The van der Waals surface area contributed by atoms with Gasteiger partial charge in [-0.05, 0) is 41.5 Å². The van der Waals surface area contributed by atoms with E-state index in [0.29, 0.717) is 49.6 Å². The monoisotopic (exact) mass is 664 g/mol. The van der Waals surface area contributed by atoms with Crippen LogP contribution < -0.4 is 0 Å². The number of methoxy groups -OCH3 is 3. The molecule has 0 aromatic rings. The molecule has 13 heteroatoms. The Morgan fingerprint density at radius 3 is 1.46 bits per heavy atom. The third-order valence-electron chi connectivity index (χ3n) is 4.24. The summed E-state index contributed by atoms with van der Waals surface area (Å²) in [5, 5.41) is 16.9. The lowest BCUT2D eigenvalue weighted by molar-refractivity contribution is -0.268. The molecule has 0 aromatic heterocycles. The highest BCUT2D eigenvalue weighted by Crippen LogP contribution is 1.97. The van der Waals surface area contributed by atoms with Gasteiger partial charge in [-0.3, -0.25) is 5.26 Å². The number of carbonyl (C=O) groups is 3. The minimum Gasteiger partial charge on any atom is -0.460 e. The van der Waals surface area contributed by atoms with E-state index in [4.69, 9.17) is 34.0 Å². The number of ether oxygens (including phenoxy) is 7. The second-order valence-corrected chi connectivity index (χ2v) is 9.24. The third-order valence-corrected chi connectivity index (χ3v) is 4.24. The zero-order valence-electron chi connectivity index (χ0n) is 29.5. The van der Waals surface area contributed by atoms with Gasteiger partial charge in [-0.25, -0.2) is 19.3 Å². The quantitative estimate of drug-likeness (QED) is 0.0373.